The Hall–Kier alpha value is -1.42. The zero-order valence-corrected chi connectivity index (χ0v) is 10.6. The Kier molecular flexibility index (Phi) is 4.50. The van der Waals surface area contributed by atoms with Gasteiger partial charge in [-0.15, -0.1) is 0 Å². The molecule has 0 heterocycles. The molecule has 0 radical (unpaired) electrons. The number of hydrogen-bond donors (Lipinski definition) is 0. The molecule has 0 atom stereocenters. The fourth-order valence-electron chi connectivity index (χ4n) is 2.10. The van der Waals surface area contributed by atoms with Gasteiger partial charge in [-0.05, 0) is 49.3 Å². The molecule has 1 fully saturated rings. The van der Waals surface area contributed by atoms with E-state index in [4.69, 9.17) is 0 Å². The van der Waals surface area contributed by atoms with Crippen molar-refractivity contribution in [2.75, 3.05) is 0 Å². The molecule has 0 N–H and O–H groups in total. The van der Waals surface area contributed by atoms with E-state index in [0.29, 0.717) is 5.92 Å². The van der Waals surface area contributed by atoms with Crippen LogP contribution < -0.4 is 0 Å². The van der Waals surface area contributed by atoms with Crippen LogP contribution in [0, 0.1) is 17.8 Å². The van der Waals surface area contributed by atoms with E-state index in [1.165, 1.54) is 32.1 Å². The second-order valence-corrected chi connectivity index (χ2v) is 4.54. The van der Waals surface area contributed by atoms with Crippen LogP contribution in [0.2, 0.25) is 0 Å². The number of rotatable bonds is 1. The molecule has 2 rings (SSSR count). The summed E-state index contributed by atoms with van der Waals surface area (Å²) in [5.41, 5.74) is 1.89. The lowest BCUT2D eigenvalue weighted by Gasteiger charge is -2.15. The molecule has 1 aliphatic rings. The van der Waals surface area contributed by atoms with Crippen LogP contribution in [0.4, 0.5) is 5.69 Å². The minimum Gasteiger partial charge on any atom is -0.195 e. The second kappa shape index (κ2) is 6.35. The van der Waals surface area contributed by atoms with Crippen LogP contribution in [0.5, 0.6) is 0 Å². The molecule has 0 amide bonds. The van der Waals surface area contributed by atoms with E-state index in [-0.39, 0.29) is 0 Å². The molecule has 0 aromatic heterocycles. The molecule has 1 aliphatic carbocycles. The fraction of sp³-hybridized carbons (Fsp3) is 0.400. The Balaban J connectivity index is 2.02. The number of hydrogen-bond acceptors (Lipinski definition) is 2. The molecule has 0 aliphatic heterocycles. The number of benzene rings is 1. The first kappa shape index (κ1) is 12.0. The third-order valence-corrected chi connectivity index (χ3v) is 3.16. The third-order valence-electron chi connectivity index (χ3n) is 3.07. The molecule has 2 heteroatoms. The predicted octanol–water partition coefficient (Wildman–Crippen LogP) is 4.35. The summed E-state index contributed by atoms with van der Waals surface area (Å²) in [7, 11) is 0. The highest BCUT2D eigenvalue weighted by atomic mass is 32.1. The van der Waals surface area contributed by atoms with Crippen LogP contribution in [0.1, 0.15) is 37.7 Å². The van der Waals surface area contributed by atoms with E-state index in [2.05, 4.69) is 34.2 Å². The van der Waals surface area contributed by atoms with Crippen molar-refractivity contribution < 1.29 is 0 Å². The van der Waals surface area contributed by atoms with Crippen LogP contribution >= 0.6 is 12.2 Å². The molecule has 1 nitrogen and oxygen atoms in total. The van der Waals surface area contributed by atoms with Crippen molar-refractivity contribution in [2.45, 2.75) is 32.1 Å². The lowest BCUT2D eigenvalue weighted by atomic mass is 9.90. The SMILES string of the molecule is S=C=Nc1ccc(C#CC2CCCCC2)cc1. The minimum atomic E-state index is 0.599. The second-order valence-electron chi connectivity index (χ2n) is 4.35. The first-order chi connectivity index (χ1) is 8.38. The molecule has 1 saturated carbocycles. The largest absolute Gasteiger partial charge is 0.195 e. The summed E-state index contributed by atoms with van der Waals surface area (Å²) in [4.78, 5) is 3.91. The minimum absolute atomic E-state index is 0.599. The van der Waals surface area contributed by atoms with Crippen molar-refractivity contribution in [1.29, 1.82) is 0 Å². The molecular weight excluding hydrogens is 226 g/mol. The van der Waals surface area contributed by atoms with Gasteiger partial charge in [-0.2, -0.15) is 4.99 Å². The summed E-state index contributed by atoms with van der Waals surface area (Å²) < 4.78 is 0. The van der Waals surface area contributed by atoms with Crippen LogP contribution in [0.15, 0.2) is 29.3 Å². The smallest absolute Gasteiger partial charge is 0.0740 e. The molecule has 0 bridgehead atoms. The van der Waals surface area contributed by atoms with Gasteiger partial charge < -0.3 is 0 Å². The number of aliphatic imine (C=N–C) groups is 1. The number of nitrogens with zero attached hydrogens (tertiary/aromatic N) is 1. The molecule has 17 heavy (non-hydrogen) atoms. The molecular formula is C15H15NS. The highest BCUT2D eigenvalue weighted by Gasteiger charge is 2.09. The van der Waals surface area contributed by atoms with Crippen LogP contribution in [0.3, 0.4) is 0 Å². The van der Waals surface area contributed by atoms with Gasteiger partial charge in [-0.3, -0.25) is 0 Å². The van der Waals surface area contributed by atoms with E-state index < -0.39 is 0 Å². The quantitative estimate of drug-likeness (QED) is 0.404. The topological polar surface area (TPSA) is 12.4 Å². The van der Waals surface area contributed by atoms with Crippen molar-refractivity contribution in [1.82, 2.24) is 0 Å². The summed E-state index contributed by atoms with van der Waals surface area (Å²) in [6.07, 6.45) is 6.58. The van der Waals surface area contributed by atoms with Crippen molar-refractivity contribution >= 4 is 23.1 Å². The molecule has 86 valence electrons. The summed E-state index contributed by atoms with van der Waals surface area (Å²) in [6, 6.07) is 7.82. The Bertz CT molecular complexity index is 466. The molecule has 0 spiro atoms. The van der Waals surface area contributed by atoms with Gasteiger partial charge in [0.1, 0.15) is 0 Å². The summed E-state index contributed by atoms with van der Waals surface area (Å²) in [5, 5.41) is 2.36. The maximum Gasteiger partial charge on any atom is 0.0740 e. The van der Waals surface area contributed by atoms with Gasteiger partial charge in [0.15, 0.2) is 0 Å². The van der Waals surface area contributed by atoms with E-state index >= 15 is 0 Å². The Morgan fingerprint density at radius 3 is 2.41 bits per heavy atom. The maximum atomic E-state index is 4.56. The number of thiocarbonyl (C=S) groups is 1. The predicted molar refractivity (Wildman–Crippen MR) is 74.6 cm³/mol. The standard InChI is InChI=1S/C15H15NS/c17-12-16-15-10-8-14(9-11-15)7-6-13-4-2-1-3-5-13/h8-11,13H,1-5H2. The van der Waals surface area contributed by atoms with Crippen molar-refractivity contribution in [3.63, 3.8) is 0 Å². The molecule has 1 aromatic carbocycles. The molecule has 0 unspecified atom stereocenters. The first-order valence-corrected chi connectivity index (χ1v) is 6.49. The Labute approximate surface area is 108 Å². The van der Waals surface area contributed by atoms with Gasteiger partial charge in [-0.1, -0.05) is 31.1 Å². The van der Waals surface area contributed by atoms with Gasteiger partial charge in [0.2, 0.25) is 0 Å². The highest BCUT2D eigenvalue weighted by molar-refractivity contribution is 7.78. The highest BCUT2D eigenvalue weighted by Crippen LogP contribution is 2.22. The Morgan fingerprint density at radius 1 is 1.06 bits per heavy atom. The zero-order chi connectivity index (χ0) is 11.9. The third kappa shape index (κ3) is 3.82. The van der Waals surface area contributed by atoms with Crippen LogP contribution in [-0.2, 0) is 0 Å². The summed E-state index contributed by atoms with van der Waals surface area (Å²) >= 11 is 4.56. The monoisotopic (exact) mass is 241 g/mol. The van der Waals surface area contributed by atoms with Gasteiger partial charge >= 0.3 is 0 Å². The normalized spacial score (nSPS) is 15.5. The average molecular weight is 241 g/mol. The maximum absolute atomic E-state index is 4.56. The fourth-order valence-corrected chi connectivity index (χ4v) is 2.21. The number of isothiocyanates is 1. The first-order valence-electron chi connectivity index (χ1n) is 6.08. The lowest BCUT2D eigenvalue weighted by Crippen LogP contribution is -2.02. The van der Waals surface area contributed by atoms with Crippen molar-refractivity contribution in [3.05, 3.63) is 29.8 Å². The van der Waals surface area contributed by atoms with Crippen LogP contribution in [0.25, 0.3) is 0 Å². The van der Waals surface area contributed by atoms with E-state index in [9.17, 15) is 0 Å². The van der Waals surface area contributed by atoms with Crippen molar-refractivity contribution in [2.24, 2.45) is 10.9 Å². The summed E-state index contributed by atoms with van der Waals surface area (Å²) in [6.45, 7) is 0. The zero-order valence-electron chi connectivity index (χ0n) is 9.78. The van der Waals surface area contributed by atoms with Gasteiger partial charge in [0, 0.05) is 11.5 Å². The van der Waals surface area contributed by atoms with Crippen LogP contribution in [-0.4, -0.2) is 5.16 Å². The van der Waals surface area contributed by atoms with E-state index in [1.54, 1.807) is 0 Å². The lowest BCUT2D eigenvalue weighted by molar-refractivity contribution is 0.430. The van der Waals surface area contributed by atoms with E-state index in [1.807, 2.05) is 24.3 Å². The Morgan fingerprint density at radius 2 is 1.76 bits per heavy atom. The van der Waals surface area contributed by atoms with Gasteiger partial charge in [0.25, 0.3) is 0 Å². The molecule has 0 saturated heterocycles. The van der Waals surface area contributed by atoms with Gasteiger partial charge in [0.05, 0.1) is 10.8 Å². The average Bonchev–Trinajstić information content (AvgIpc) is 2.40. The summed E-state index contributed by atoms with van der Waals surface area (Å²) in [5.74, 6) is 7.22. The van der Waals surface area contributed by atoms with E-state index in [0.717, 1.165) is 11.3 Å². The van der Waals surface area contributed by atoms with Gasteiger partial charge in [-0.25, -0.2) is 0 Å². The van der Waals surface area contributed by atoms with Crippen molar-refractivity contribution in [3.8, 4) is 11.8 Å². The molecule has 1 aromatic rings.